The highest BCUT2D eigenvalue weighted by atomic mass is 32.1. The van der Waals surface area contributed by atoms with Crippen molar-refractivity contribution in [2.45, 2.75) is 52.4 Å². The van der Waals surface area contributed by atoms with E-state index in [4.69, 9.17) is 5.11 Å². The fourth-order valence-electron chi connectivity index (χ4n) is 1.73. The Hall–Kier alpha value is 0.270. The Balaban J connectivity index is 0. The summed E-state index contributed by atoms with van der Waals surface area (Å²) in [4.78, 5) is 2.37. The van der Waals surface area contributed by atoms with Crippen LogP contribution in [-0.2, 0) is 0 Å². The Kier molecular flexibility index (Phi) is 20.6. The van der Waals surface area contributed by atoms with Crippen molar-refractivity contribution in [2.75, 3.05) is 32.5 Å². The Morgan fingerprint density at radius 3 is 1.94 bits per heavy atom. The van der Waals surface area contributed by atoms with E-state index >= 15 is 0 Å². The molecule has 3 heteroatoms. The highest BCUT2D eigenvalue weighted by molar-refractivity contribution is 7.79. The monoisotopic (exact) mass is 249 g/mol. The molecule has 0 bridgehead atoms. The van der Waals surface area contributed by atoms with E-state index in [1.165, 1.54) is 38.5 Å². The summed E-state index contributed by atoms with van der Waals surface area (Å²) in [7, 11) is 0. The normalized spacial score (nSPS) is 10.1. The van der Waals surface area contributed by atoms with Crippen molar-refractivity contribution >= 4 is 12.6 Å². The van der Waals surface area contributed by atoms with Gasteiger partial charge in [-0.2, -0.15) is 12.6 Å². The summed E-state index contributed by atoms with van der Waals surface area (Å²) in [6.45, 7) is 7.89. The Morgan fingerprint density at radius 1 is 0.812 bits per heavy atom. The molecule has 1 N–H and O–H groups in total. The van der Waals surface area contributed by atoms with Gasteiger partial charge in [0.25, 0.3) is 0 Å². The van der Waals surface area contributed by atoms with Crippen LogP contribution in [0.1, 0.15) is 52.4 Å². The van der Waals surface area contributed by atoms with E-state index < -0.39 is 0 Å². The van der Waals surface area contributed by atoms with E-state index in [0.29, 0.717) is 6.61 Å². The molecule has 0 saturated carbocycles. The first-order chi connectivity index (χ1) is 7.85. The quantitative estimate of drug-likeness (QED) is 0.459. The molecule has 0 aliphatic rings. The average molecular weight is 249 g/mol. The number of nitrogens with zero attached hydrogens (tertiary/aromatic N) is 1. The molecule has 0 rings (SSSR count). The summed E-state index contributed by atoms with van der Waals surface area (Å²) < 4.78 is 0. The van der Waals surface area contributed by atoms with E-state index in [-0.39, 0.29) is 0 Å². The van der Waals surface area contributed by atoms with Gasteiger partial charge < -0.3 is 10.0 Å². The van der Waals surface area contributed by atoms with Gasteiger partial charge in [-0.1, -0.05) is 39.5 Å². The predicted octanol–water partition coefficient (Wildman–Crippen LogP) is 3.21. The fraction of sp³-hybridized carbons (Fsp3) is 1.00. The molecule has 100 valence electrons. The molecule has 0 aromatic heterocycles. The van der Waals surface area contributed by atoms with Crippen molar-refractivity contribution in [3.8, 4) is 0 Å². The molecular weight excluding hydrogens is 218 g/mol. The minimum atomic E-state index is 0.301. The summed E-state index contributed by atoms with van der Waals surface area (Å²) in [5, 5.41) is 8.86. The van der Waals surface area contributed by atoms with Gasteiger partial charge in [0.15, 0.2) is 0 Å². The maximum atomic E-state index is 8.86. The van der Waals surface area contributed by atoms with E-state index in [9.17, 15) is 0 Å². The minimum absolute atomic E-state index is 0.301. The summed E-state index contributed by atoms with van der Waals surface area (Å²) in [6.07, 6.45) is 9.58. The van der Waals surface area contributed by atoms with Crippen LogP contribution in [0.5, 0.6) is 0 Å². The number of aliphatic hydroxyl groups excluding tert-OH is 1. The highest BCUT2D eigenvalue weighted by Gasteiger charge is 2.01. The lowest BCUT2D eigenvalue weighted by molar-refractivity contribution is 0.193. The molecule has 0 saturated heterocycles. The third-order valence-corrected chi connectivity index (χ3v) is 2.53. The smallest absolute Gasteiger partial charge is 0.0558 e. The zero-order chi connectivity index (χ0) is 12.6. The van der Waals surface area contributed by atoms with E-state index in [1.807, 2.05) is 0 Å². The number of rotatable bonds is 10. The van der Waals surface area contributed by atoms with Gasteiger partial charge in [0, 0.05) is 6.54 Å². The van der Waals surface area contributed by atoms with Crippen LogP contribution in [0.4, 0.5) is 0 Å². The first kappa shape index (κ1) is 18.6. The molecular formula is C13H31NOS. The van der Waals surface area contributed by atoms with Gasteiger partial charge in [0.1, 0.15) is 0 Å². The lowest BCUT2D eigenvalue weighted by Crippen LogP contribution is -2.28. The largest absolute Gasteiger partial charge is 0.395 e. The number of thiol groups is 1. The van der Waals surface area contributed by atoms with Crippen molar-refractivity contribution in [3.05, 3.63) is 0 Å². The maximum absolute atomic E-state index is 8.86. The minimum Gasteiger partial charge on any atom is -0.395 e. The number of hydrogen-bond donors (Lipinski definition) is 2. The van der Waals surface area contributed by atoms with Gasteiger partial charge in [-0.05, 0) is 32.2 Å². The molecule has 0 spiro atoms. The first-order valence-electron chi connectivity index (χ1n) is 6.63. The average Bonchev–Trinajstić information content (AvgIpc) is 2.32. The van der Waals surface area contributed by atoms with Crippen molar-refractivity contribution in [1.29, 1.82) is 0 Å². The molecule has 0 aromatic carbocycles. The van der Waals surface area contributed by atoms with Crippen molar-refractivity contribution in [2.24, 2.45) is 0 Å². The summed E-state index contributed by atoms with van der Waals surface area (Å²) >= 11 is 3.53. The molecule has 0 fully saturated rings. The summed E-state index contributed by atoms with van der Waals surface area (Å²) in [5.74, 6) is 0. The molecule has 0 heterocycles. The second kappa shape index (κ2) is 17.7. The number of aliphatic hydroxyl groups is 1. The standard InChI is InChI=1S/C12H27NO.CH4S/c1-3-5-6-7-8-10-13(9-4-2)11-12-14;1-2/h14H,3-12H2,1-2H3;2H,1H3. The van der Waals surface area contributed by atoms with Crippen LogP contribution < -0.4 is 0 Å². The van der Waals surface area contributed by atoms with E-state index in [1.54, 1.807) is 6.26 Å². The molecule has 0 aliphatic carbocycles. The summed E-state index contributed by atoms with van der Waals surface area (Å²) in [5.41, 5.74) is 0. The van der Waals surface area contributed by atoms with Gasteiger partial charge in [0.05, 0.1) is 6.61 Å². The SMILES string of the molecule is CCCCCCCN(CCC)CCO.CS. The highest BCUT2D eigenvalue weighted by Crippen LogP contribution is 2.04. The lowest BCUT2D eigenvalue weighted by Gasteiger charge is -2.20. The van der Waals surface area contributed by atoms with Gasteiger partial charge in [-0.3, -0.25) is 0 Å². The molecule has 0 aliphatic heterocycles. The predicted molar refractivity (Wildman–Crippen MR) is 77.5 cm³/mol. The van der Waals surface area contributed by atoms with Crippen LogP contribution in [0.15, 0.2) is 0 Å². The number of hydrogen-bond acceptors (Lipinski definition) is 3. The van der Waals surface area contributed by atoms with Crippen LogP contribution in [-0.4, -0.2) is 42.5 Å². The van der Waals surface area contributed by atoms with Gasteiger partial charge in [-0.25, -0.2) is 0 Å². The molecule has 0 radical (unpaired) electrons. The third-order valence-electron chi connectivity index (χ3n) is 2.53. The summed E-state index contributed by atoms with van der Waals surface area (Å²) in [6, 6.07) is 0. The Morgan fingerprint density at radius 2 is 1.44 bits per heavy atom. The van der Waals surface area contributed by atoms with Crippen LogP contribution in [0.2, 0.25) is 0 Å². The van der Waals surface area contributed by atoms with E-state index in [2.05, 4.69) is 31.4 Å². The van der Waals surface area contributed by atoms with Crippen molar-refractivity contribution < 1.29 is 5.11 Å². The maximum Gasteiger partial charge on any atom is 0.0558 e. The Bertz CT molecular complexity index is 106. The second-order valence-electron chi connectivity index (χ2n) is 3.98. The van der Waals surface area contributed by atoms with Crippen LogP contribution in [0.3, 0.4) is 0 Å². The van der Waals surface area contributed by atoms with Crippen LogP contribution >= 0.6 is 12.6 Å². The molecule has 2 nitrogen and oxygen atoms in total. The zero-order valence-corrected chi connectivity index (χ0v) is 12.3. The molecule has 0 aromatic rings. The fourth-order valence-corrected chi connectivity index (χ4v) is 1.73. The third kappa shape index (κ3) is 14.3. The topological polar surface area (TPSA) is 23.5 Å². The first-order valence-corrected chi connectivity index (χ1v) is 7.52. The van der Waals surface area contributed by atoms with Crippen LogP contribution in [0, 0.1) is 0 Å². The lowest BCUT2D eigenvalue weighted by atomic mass is 10.1. The van der Waals surface area contributed by atoms with Crippen LogP contribution in [0.25, 0.3) is 0 Å². The second-order valence-corrected chi connectivity index (χ2v) is 3.98. The van der Waals surface area contributed by atoms with Gasteiger partial charge in [-0.15, -0.1) is 0 Å². The molecule has 0 unspecified atom stereocenters. The van der Waals surface area contributed by atoms with E-state index in [0.717, 1.165) is 19.6 Å². The Labute approximate surface area is 108 Å². The zero-order valence-electron chi connectivity index (χ0n) is 11.4. The van der Waals surface area contributed by atoms with Gasteiger partial charge >= 0.3 is 0 Å². The molecule has 0 amide bonds. The van der Waals surface area contributed by atoms with Crippen molar-refractivity contribution in [3.63, 3.8) is 0 Å². The molecule has 0 atom stereocenters. The van der Waals surface area contributed by atoms with Gasteiger partial charge in [0.2, 0.25) is 0 Å². The van der Waals surface area contributed by atoms with Crippen molar-refractivity contribution in [1.82, 2.24) is 4.90 Å². The number of unbranched alkanes of at least 4 members (excludes halogenated alkanes) is 4. The molecule has 16 heavy (non-hydrogen) atoms.